The molecule has 8 nitrogen and oxygen atoms in total. The van der Waals surface area contributed by atoms with Gasteiger partial charge in [0.2, 0.25) is 26.0 Å². The van der Waals surface area contributed by atoms with Gasteiger partial charge >= 0.3 is 0 Å². The van der Waals surface area contributed by atoms with Crippen LogP contribution in [0.5, 0.6) is 0 Å². The van der Waals surface area contributed by atoms with E-state index in [1.54, 1.807) is 0 Å². The molecular weight excluding hydrogens is 426 g/mol. The Hall–Kier alpha value is -2.43. The molecule has 0 saturated carbocycles. The van der Waals surface area contributed by atoms with Crippen molar-refractivity contribution in [1.29, 1.82) is 0 Å². The van der Waals surface area contributed by atoms with Crippen LogP contribution in [0.25, 0.3) is 0 Å². The van der Waals surface area contributed by atoms with Crippen LogP contribution in [0.4, 0.5) is 11.4 Å². The molecule has 30 heavy (non-hydrogen) atoms. The van der Waals surface area contributed by atoms with Gasteiger partial charge in [-0.15, -0.1) is 0 Å². The number of aryl methyl sites for hydroxylation is 2. The first-order valence-corrected chi connectivity index (χ1v) is 12.6. The number of benzene rings is 2. The SMILES string of the molecule is CCc1cccc(C)c1NC(=O)CN(c1ccc(S(=O)(=O)N(C)C)cc1)S(C)(=O)=O. The number of sulfonamides is 2. The lowest BCUT2D eigenvalue weighted by molar-refractivity contribution is -0.114. The van der Waals surface area contributed by atoms with Crippen LogP contribution in [-0.4, -0.2) is 53.9 Å². The largest absolute Gasteiger partial charge is 0.324 e. The van der Waals surface area contributed by atoms with Crippen LogP contribution in [0, 0.1) is 6.92 Å². The molecule has 1 amide bonds. The molecule has 0 fully saturated rings. The third-order valence-electron chi connectivity index (χ3n) is 4.60. The Morgan fingerprint density at radius 1 is 1.00 bits per heavy atom. The number of rotatable bonds is 8. The van der Waals surface area contributed by atoms with E-state index in [0.717, 1.165) is 32.4 Å². The monoisotopic (exact) mass is 453 g/mol. The van der Waals surface area contributed by atoms with Gasteiger partial charge in [-0.3, -0.25) is 9.10 Å². The Kier molecular flexibility index (Phi) is 7.27. The quantitative estimate of drug-likeness (QED) is 0.660. The van der Waals surface area contributed by atoms with E-state index in [2.05, 4.69) is 5.32 Å². The fraction of sp³-hybridized carbons (Fsp3) is 0.350. The fourth-order valence-corrected chi connectivity index (χ4v) is 4.66. The molecule has 0 aliphatic heterocycles. The third kappa shape index (κ3) is 5.38. The lowest BCUT2D eigenvalue weighted by atomic mass is 10.1. The summed E-state index contributed by atoms with van der Waals surface area (Å²) in [5.74, 6) is -0.491. The highest BCUT2D eigenvalue weighted by Gasteiger charge is 2.23. The zero-order valence-electron chi connectivity index (χ0n) is 17.7. The molecule has 2 aromatic rings. The van der Waals surface area contributed by atoms with Crippen molar-refractivity contribution in [3.63, 3.8) is 0 Å². The molecule has 0 heterocycles. The Labute approximate surface area is 178 Å². The molecule has 2 rings (SSSR count). The summed E-state index contributed by atoms with van der Waals surface area (Å²) in [5.41, 5.74) is 2.70. The number of nitrogens with zero attached hydrogens (tertiary/aromatic N) is 2. The smallest absolute Gasteiger partial charge is 0.245 e. The van der Waals surface area contributed by atoms with Crippen LogP contribution in [-0.2, 0) is 31.3 Å². The van der Waals surface area contributed by atoms with Crippen LogP contribution in [0.1, 0.15) is 18.1 Å². The Balaban J connectivity index is 2.31. The summed E-state index contributed by atoms with van der Waals surface area (Å²) in [6, 6.07) is 11.0. The molecule has 0 atom stereocenters. The predicted octanol–water partition coefficient (Wildman–Crippen LogP) is 2.21. The van der Waals surface area contributed by atoms with Crippen molar-refractivity contribution < 1.29 is 21.6 Å². The van der Waals surface area contributed by atoms with Crippen LogP contribution >= 0.6 is 0 Å². The van der Waals surface area contributed by atoms with Crippen molar-refractivity contribution in [2.75, 3.05) is 36.5 Å². The number of hydrogen-bond acceptors (Lipinski definition) is 5. The van der Waals surface area contributed by atoms with Crippen LogP contribution in [0.3, 0.4) is 0 Å². The van der Waals surface area contributed by atoms with E-state index in [9.17, 15) is 21.6 Å². The molecule has 0 bridgehead atoms. The van der Waals surface area contributed by atoms with Crippen molar-refractivity contribution in [2.45, 2.75) is 25.2 Å². The standard InChI is InChI=1S/C20H27N3O5S2/c1-6-16-9-7-8-15(2)20(16)21-19(24)14-23(29(5,25)26)17-10-12-18(13-11-17)30(27,28)22(3)4/h7-13H,6,14H2,1-5H3,(H,21,24). The second kappa shape index (κ2) is 9.15. The van der Waals surface area contributed by atoms with Crippen molar-refractivity contribution in [3.05, 3.63) is 53.6 Å². The average Bonchev–Trinajstić information content (AvgIpc) is 2.66. The maximum Gasteiger partial charge on any atom is 0.245 e. The summed E-state index contributed by atoms with van der Waals surface area (Å²) >= 11 is 0. The molecular formula is C20H27N3O5S2. The molecule has 2 aromatic carbocycles. The molecule has 1 N–H and O–H groups in total. The van der Waals surface area contributed by atoms with Crippen LogP contribution in [0.2, 0.25) is 0 Å². The fourth-order valence-electron chi connectivity index (χ4n) is 2.91. The minimum Gasteiger partial charge on any atom is -0.324 e. The van der Waals surface area contributed by atoms with Crippen molar-refractivity contribution >= 4 is 37.3 Å². The van der Waals surface area contributed by atoms with Gasteiger partial charge in [0, 0.05) is 19.8 Å². The number of amides is 1. The molecule has 0 radical (unpaired) electrons. The highest BCUT2D eigenvalue weighted by molar-refractivity contribution is 7.92. The lowest BCUT2D eigenvalue weighted by Gasteiger charge is -2.23. The molecule has 10 heteroatoms. The second-order valence-corrected chi connectivity index (χ2v) is 11.1. The number of anilines is 2. The first-order valence-electron chi connectivity index (χ1n) is 9.26. The summed E-state index contributed by atoms with van der Waals surface area (Å²) in [6.07, 6.45) is 1.71. The number of carbonyl (C=O) groups is 1. The summed E-state index contributed by atoms with van der Waals surface area (Å²) in [5, 5.41) is 2.81. The summed E-state index contributed by atoms with van der Waals surface area (Å²) in [4.78, 5) is 12.7. The maximum atomic E-state index is 12.7. The number of hydrogen-bond donors (Lipinski definition) is 1. The van der Waals surface area contributed by atoms with Crippen LogP contribution in [0.15, 0.2) is 47.4 Å². The van der Waals surface area contributed by atoms with Crippen molar-refractivity contribution in [2.24, 2.45) is 0 Å². The molecule has 164 valence electrons. The maximum absolute atomic E-state index is 12.7. The van der Waals surface area contributed by atoms with E-state index >= 15 is 0 Å². The van der Waals surface area contributed by atoms with Gasteiger partial charge in [-0.25, -0.2) is 21.1 Å². The number of carbonyl (C=O) groups excluding carboxylic acids is 1. The molecule has 0 aromatic heterocycles. The van der Waals surface area contributed by atoms with E-state index in [1.807, 2.05) is 32.0 Å². The topological polar surface area (TPSA) is 104 Å². The van der Waals surface area contributed by atoms with Gasteiger partial charge in [0.05, 0.1) is 16.8 Å². The first kappa shape index (κ1) is 23.8. The molecule has 0 unspecified atom stereocenters. The van der Waals surface area contributed by atoms with Gasteiger partial charge < -0.3 is 5.32 Å². The van der Waals surface area contributed by atoms with Gasteiger partial charge in [0.1, 0.15) is 6.54 Å². The van der Waals surface area contributed by atoms with Gasteiger partial charge in [0.15, 0.2) is 0 Å². The van der Waals surface area contributed by atoms with Gasteiger partial charge in [-0.1, -0.05) is 25.1 Å². The van der Waals surface area contributed by atoms with Crippen molar-refractivity contribution in [3.8, 4) is 0 Å². The average molecular weight is 454 g/mol. The number of nitrogens with one attached hydrogen (secondary N) is 1. The minimum absolute atomic E-state index is 0.0293. The third-order valence-corrected chi connectivity index (χ3v) is 7.57. The Bertz CT molecular complexity index is 1130. The molecule has 0 spiro atoms. The van der Waals surface area contributed by atoms with Crippen molar-refractivity contribution in [1.82, 2.24) is 4.31 Å². The lowest BCUT2D eigenvalue weighted by Crippen LogP contribution is -2.37. The minimum atomic E-state index is -3.78. The van der Waals surface area contributed by atoms with E-state index in [-0.39, 0.29) is 10.6 Å². The van der Waals surface area contributed by atoms with Crippen LogP contribution < -0.4 is 9.62 Å². The first-order chi connectivity index (χ1) is 13.9. The van der Waals surface area contributed by atoms with E-state index in [0.29, 0.717) is 5.69 Å². The highest BCUT2D eigenvalue weighted by Crippen LogP contribution is 2.23. The van der Waals surface area contributed by atoms with E-state index in [4.69, 9.17) is 0 Å². The second-order valence-electron chi connectivity index (χ2n) is 7.06. The molecule has 0 aliphatic carbocycles. The summed E-state index contributed by atoms with van der Waals surface area (Å²) in [7, 11) is -4.61. The van der Waals surface area contributed by atoms with E-state index in [1.165, 1.54) is 38.4 Å². The Morgan fingerprint density at radius 3 is 2.10 bits per heavy atom. The van der Waals surface area contributed by atoms with E-state index < -0.39 is 32.5 Å². The van der Waals surface area contributed by atoms with Gasteiger partial charge in [0.25, 0.3) is 0 Å². The molecule has 0 saturated heterocycles. The van der Waals surface area contributed by atoms with Gasteiger partial charge in [-0.2, -0.15) is 0 Å². The zero-order valence-corrected chi connectivity index (χ0v) is 19.3. The summed E-state index contributed by atoms with van der Waals surface area (Å²) in [6.45, 7) is 3.40. The highest BCUT2D eigenvalue weighted by atomic mass is 32.2. The predicted molar refractivity (Wildman–Crippen MR) is 119 cm³/mol. The summed E-state index contributed by atoms with van der Waals surface area (Å²) < 4.78 is 51.1. The van der Waals surface area contributed by atoms with Gasteiger partial charge in [-0.05, 0) is 48.7 Å². The Morgan fingerprint density at radius 2 is 1.60 bits per heavy atom. The molecule has 0 aliphatic rings. The zero-order chi connectivity index (χ0) is 22.7. The number of para-hydroxylation sites is 1. The normalized spacial score (nSPS) is 12.1.